The Morgan fingerprint density at radius 1 is 1.62 bits per heavy atom. The van der Waals surface area contributed by atoms with Crippen LogP contribution >= 0.6 is 0 Å². The van der Waals surface area contributed by atoms with Crippen molar-refractivity contribution in [2.45, 2.75) is 39.2 Å². The molecule has 0 aromatic rings. The number of hydrogen-bond acceptors (Lipinski definition) is 3. The van der Waals surface area contributed by atoms with Crippen molar-refractivity contribution in [2.24, 2.45) is 5.92 Å². The summed E-state index contributed by atoms with van der Waals surface area (Å²) in [7, 11) is 1.41. The van der Waals surface area contributed by atoms with E-state index in [4.69, 9.17) is 5.11 Å². The molecule has 0 radical (unpaired) electrons. The van der Waals surface area contributed by atoms with Crippen LogP contribution in [0, 0.1) is 5.92 Å². The summed E-state index contributed by atoms with van der Waals surface area (Å²) in [4.78, 5) is 15.9. The highest BCUT2D eigenvalue weighted by Crippen LogP contribution is 2.13. The fraction of sp³-hybridized carbons (Fsp3) is 0.889. The van der Waals surface area contributed by atoms with Crippen molar-refractivity contribution in [3.8, 4) is 0 Å². The molecule has 0 bridgehead atoms. The van der Waals surface area contributed by atoms with Crippen LogP contribution in [0.3, 0.4) is 0 Å². The summed E-state index contributed by atoms with van der Waals surface area (Å²) in [6.45, 7) is 3.69. The number of carbonyl (C=O) groups excluding carboxylic acids is 1. The van der Waals surface area contributed by atoms with Crippen LogP contribution in [-0.4, -0.2) is 24.2 Å². The van der Waals surface area contributed by atoms with Crippen molar-refractivity contribution in [3.63, 3.8) is 0 Å². The molecule has 0 saturated heterocycles. The second-order valence-corrected chi connectivity index (χ2v) is 3.24. The number of hydrogen-bond donors (Lipinski definition) is 2. The van der Waals surface area contributed by atoms with Crippen molar-refractivity contribution >= 4 is 5.91 Å². The van der Waals surface area contributed by atoms with Crippen molar-refractivity contribution in [3.05, 3.63) is 0 Å². The van der Waals surface area contributed by atoms with Gasteiger partial charge < -0.3 is 5.11 Å². The smallest absolute Gasteiger partial charge is 0.246 e. The molecule has 2 N–H and O–H groups in total. The van der Waals surface area contributed by atoms with E-state index < -0.39 is 6.10 Å². The Bertz CT molecular complexity index is 148. The number of carbonyl (C=O) groups is 1. The Morgan fingerprint density at radius 2 is 2.23 bits per heavy atom. The molecular formula is C9H19NO3. The largest absolute Gasteiger partial charge is 0.393 e. The summed E-state index contributed by atoms with van der Waals surface area (Å²) >= 11 is 0. The van der Waals surface area contributed by atoms with E-state index in [2.05, 4.69) is 10.3 Å². The van der Waals surface area contributed by atoms with Gasteiger partial charge in [-0.25, -0.2) is 5.48 Å². The minimum Gasteiger partial charge on any atom is -0.393 e. The van der Waals surface area contributed by atoms with Gasteiger partial charge in [-0.15, -0.1) is 0 Å². The summed E-state index contributed by atoms with van der Waals surface area (Å²) < 4.78 is 0. The van der Waals surface area contributed by atoms with Gasteiger partial charge in [0.15, 0.2) is 0 Å². The fourth-order valence-corrected chi connectivity index (χ4v) is 1.30. The minimum atomic E-state index is -0.445. The first kappa shape index (κ1) is 12.4. The molecule has 4 heteroatoms. The molecular weight excluding hydrogens is 170 g/mol. The molecule has 0 aliphatic heterocycles. The van der Waals surface area contributed by atoms with Crippen molar-refractivity contribution in [1.82, 2.24) is 5.48 Å². The van der Waals surface area contributed by atoms with E-state index >= 15 is 0 Å². The Morgan fingerprint density at radius 3 is 2.62 bits per heavy atom. The molecule has 0 aromatic carbocycles. The van der Waals surface area contributed by atoms with Crippen LogP contribution in [-0.2, 0) is 9.63 Å². The van der Waals surface area contributed by atoms with Gasteiger partial charge in [0.2, 0.25) is 5.91 Å². The third kappa shape index (κ3) is 5.60. The maximum absolute atomic E-state index is 11.3. The van der Waals surface area contributed by atoms with Gasteiger partial charge in [0.25, 0.3) is 0 Å². The van der Waals surface area contributed by atoms with Crippen LogP contribution < -0.4 is 5.48 Å². The minimum absolute atomic E-state index is 0.148. The number of aliphatic hydroxyl groups is 1. The molecule has 1 amide bonds. The quantitative estimate of drug-likeness (QED) is 0.609. The van der Waals surface area contributed by atoms with E-state index in [9.17, 15) is 4.79 Å². The first-order chi connectivity index (χ1) is 6.11. The van der Waals surface area contributed by atoms with Crippen LogP contribution in [0.15, 0.2) is 0 Å². The van der Waals surface area contributed by atoms with Crippen LogP contribution in [0.1, 0.15) is 33.1 Å². The lowest BCUT2D eigenvalue weighted by atomic mass is 9.96. The summed E-state index contributed by atoms with van der Waals surface area (Å²) in [5.74, 6) is -0.296. The SMILES string of the molecule is CCCC(C[C@H](C)O)C(=O)NOC. The summed E-state index contributed by atoms with van der Waals surface area (Å²) in [5, 5.41) is 9.15. The van der Waals surface area contributed by atoms with Crippen LogP contribution in [0.4, 0.5) is 0 Å². The molecule has 13 heavy (non-hydrogen) atoms. The number of aliphatic hydroxyl groups excluding tert-OH is 1. The van der Waals surface area contributed by atoms with Gasteiger partial charge >= 0.3 is 0 Å². The Hall–Kier alpha value is -0.610. The van der Waals surface area contributed by atoms with Gasteiger partial charge in [-0.2, -0.15) is 0 Å². The molecule has 1 unspecified atom stereocenters. The maximum atomic E-state index is 11.3. The highest BCUT2D eigenvalue weighted by molar-refractivity contribution is 5.77. The van der Waals surface area contributed by atoms with Gasteiger partial charge in [0.1, 0.15) is 0 Å². The second kappa shape index (κ2) is 6.86. The van der Waals surface area contributed by atoms with Gasteiger partial charge in [0, 0.05) is 5.92 Å². The molecule has 0 saturated carbocycles. The van der Waals surface area contributed by atoms with Crippen LogP contribution in [0.5, 0.6) is 0 Å². The van der Waals surface area contributed by atoms with E-state index in [0.29, 0.717) is 6.42 Å². The lowest BCUT2D eigenvalue weighted by Gasteiger charge is -2.16. The Labute approximate surface area is 79.2 Å². The molecule has 2 atom stereocenters. The number of amides is 1. The first-order valence-electron chi connectivity index (χ1n) is 4.62. The van der Waals surface area contributed by atoms with E-state index in [1.807, 2.05) is 6.92 Å². The lowest BCUT2D eigenvalue weighted by Crippen LogP contribution is -2.31. The maximum Gasteiger partial charge on any atom is 0.246 e. The summed E-state index contributed by atoms with van der Waals surface area (Å²) in [6.07, 6.45) is 1.75. The molecule has 0 rings (SSSR count). The normalized spacial score (nSPS) is 15.1. The number of hydroxylamine groups is 1. The third-order valence-corrected chi connectivity index (χ3v) is 1.84. The monoisotopic (exact) mass is 189 g/mol. The predicted molar refractivity (Wildman–Crippen MR) is 49.8 cm³/mol. The zero-order chi connectivity index (χ0) is 10.3. The van der Waals surface area contributed by atoms with E-state index in [1.165, 1.54) is 7.11 Å². The zero-order valence-electron chi connectivity index (χ0n) is 8.54. The molecule has 78 valence electrons. The Kier molecular flexibility index (Phi) is 6.54. The van der Waals surface area contributed by atoms with E-state index in [-0.39, 0.29) is 11.8 Å². The average Bonchev–Trinajstić information content (AvgIpc) is 2.03. The molecule has 4 nitrogen and oxygen atoms in total. The second-order valence-electron chi connectivity index (χ2n) is 3.24. The van der Waals surface area contributed by atoms with Crippen molar-refractivity contribution in [2.75, 3.05) is 7.11 Å². The molecule has 0 heterocycles. The predicted octanol–water partition coefficient (Wildman–Crippen LogP) is 0.851. The topological polar surface area (TPSA) is 58.6 Å². The fourth-order valence-electron chi connectivity index (χ4n) is 1.30. The molecule has 0 spiro atoms. The third-order valence-electron chi connectivity index (χ3n) is 1.84. The summed E-state index contributed by atoms with van der Waals surface area (Å²) in [6, 6.07) is 0. The van der Waals surface area contributed by atoms with Gasteiger partial charge in [-0.05, 0) is 19.8 Å². The van der Waals surface area contributed by atoms with Crippen molar-refractivity contribution in [1.29, 1.82) is 0 Å². The molecule has 0 fully saturated rings. The van der Waals surface area contributed by atoms with Crippen LogP contribution in [0.2, 0.25) is 0 Å². The highest BCUT2D eigenvalue weighted by Gasteiger charge is 2.19. The first-order valence-corrected chi connectivity index (χ1v) is 4.62. The number of rotatable bonds is 6. The van der Waals surface area contributed by atoms with Crippen LogP contribution in [0.25, 0.3) is 0 Å². The molecule has 0 aliphatic carbocycles. The summed E-state index contributed by atoms with van der Waals surface area (Å²) in [5.41, 5.74) is 2.29. The van der Waals surface area contributed by atoms with Gasteiger partial charge in [-0.3, -0.25) is 9.63 Å². The van der Waals surface area contributed by atoms with Gasteiger partial charge in [0.05, 0.1) is 13.2 Å². The highest BCUT2D eigenvalue weighted by atomic mass is 16.6. The standard InChI is InChI=1S/C9H19NO3/c1-4-5-8(6-7(2)11)9(12)10-13-3/h7-8,11H,4-6H2,1-3H3,(H,10,12)/t7-,8?/m0/s1. The molecule has 0 aliphatic rings. The average molecular weight is 189 g/mol. The Balaban J connectivity index is 3.98. The molecule has 0 aromatic heterocycles. The van der Waals surface area contributed by atoms with E-state index in [0.717, 1.165) is 12.8 Å². The van der Waals surface area contributed by atoms with Crippen molar-refractivity contribution < 1.29 is 14.7 Å². The zero-order valence-corrected chi connectivity index (χ0v) is 8.54. The van der Waals surface area contributed by atoms with E-state index in [1.54, 1.807) is 6.92 Å². The van der Waals surface area contributed by atoms with Gasteiger partial charge in [-0.1, -0.05) is 13.3 Å². The lowest BCUT2D eigenvalue weighted by molar-refractivity contribution is -0.136. The number of nitrogens with one attached hydrogen (secondary N) is 1.